The van der Waals surface area contributed by atoms with Crippen LogP contribution < -0.4 is 10.1 Å². The van der Waals surface area contributed by atoms with Crippen LogP contribution in [0.2, 0.25) is 0 Å². The summed E-state index contributed by atoms with van der Waals surface area (Å²) >= 11 is 0. The van der Waals surface area contributed by atoms with Gasteiger partial charge in [0.25, 0.3) is 5.91 Å². The number of ether oxygens (including phenoxy) is 1. The maximum Gasteiger partial charge on any atom is 0.317 e. The zero-order chi connectivity index (χ0) is 23.4. The highest BCUT2D eigenvalue weighted by molar-refractivity contribution is 5.97. The number of aromatic nitrogens is 1. The topological polar surface area (TPSA) is 95.0 Å². The molecule has 0 bridgehead atoms. The van der Waals surface area contributed by atoms with Gasteiger partial charge in [0.1, 0.15) is 11.7 Å². The van der Waals surface area contributed by atoms with Crippen LogP contribution in [0.3, 0.4) is 0 Å². The van der Waals surface area contributed by atoms with E-state index in [2.05, 4.69) is 22.1 Å². The minimum absolute atomic E-state index is 0.0247. The van der Waals surface area contributed by atoms with Crippen molar-refractivity contribution in [3.8, 4) is 17.7 Å². The van der Waals surface area contributed by atoms with Crippen molar-refractivity contribution in [3.63, 3.8) is 0 Å². The van der Waals surface area contributed by atoms with E-state index in [9.17, 15) is 14.7 Å². The molecule has 32 heavy (non-hydrogen) atoms. The van der Waals surface area contributed by atoms with E-state index in [1.54, 1.807) is 29.1 Å². The third-order valence-corrected chi connectivity index (χ3v) is 5.73. The molecule has 2 aliphatic rings. The van der Waals surface area contributed by atoms with Crippen molar-refractivity contribution < 1.29 is 19.4 Å². The van der Waals surface area contributed by atoms with Gasteiger partial charge in [-0.3, -0.25) is 4.79 Å². The van der Waals surface area contributed by atoms with Crippen LogP contribution in [-0.4, -0.2) is 76.8 Å². The standard InChI is InChI=1S/C24H34N4O4/c1-15(2)26-24(31)27(5)13-21-16(3)12-28(17(4)14-29)23(30)20-10-19(9-8-18-6-7-18)11-25-22(20)32-21/h10-11,15-18,21,29H,6-7,12-14H2,1-5H3,(H,26,31)/t16-,17-,21+/m1/s1. The lowest BCUT2D eigenvalue weighted by Crippen LogP contribution is -2.51. The number of likely N-dealkylation sites (N-methyl/N-ethyl adjacent to an activating group) is 1. The fourth-order valence-corrected chi connectivity index (χ4v) is 3.51. The van der Waals surface area contributed by atoms with E-state index >= 15 is 0 Å². The molecule has 1 aromatic rings. The van der Waals surface area contributed by atoms with E-state index in [0.29, 0.717) is 30.1 Å². The van der Waals surface area contributed by atoms with E-state index < -0.39 is 0 Å². The van der Waals surface area contributed by atoms with Gasteiger partial charge >= 0.3 is 6.03 Å². The number of pyridine rings is 1. The molecule has 2 heterocycles. The predicted octanol–water partition coefficient (Wildman–Crippen LogP) is 2.11. The molecule has 0 radical (unpaired) electrons. The average molecular weight is 443 g/mol. The van der Waals surface area contributed by atoms with E-state index in [1.165, 1.54) is 0 Å². The smallest absolute Gasteiger partial charge is 0.317 e. The Bertz CT molecular complexity index is 903. The maximum atomic E-state index is 13.4. The predicted molar refractivity (Wildman–Crippen MR) is 121 cm³/mol. The first kappa shape index (κ1) is 23.9. The van der Waals surface area contributed by atoms with Crippen LogP contribution in [0.4, 0.5) is 4.79 Å². The Balaban J connectivity index is 1.91. The number of urea groups is 1. The van der Waals surface area contributed by atoms with Gasteiger partial charge in [-0.1, -0.05) is 18.8 Å². The number of hydrogen-bond acceptors (Lipinski definition) is 5. The molecule has 1 fully saturated rings. The third kappa shape index (κ3) is 5.92. The van der Waals surface area contributed by atoms with Crippen LogP contribution >= 0.6 is 0 Å². The zero-order valence-corrected chi connectivity index (χ0v) is 19.6. The number of rotatable bonds is 5. The molecule has 8 nitrogen and oxygen atoms in total. The molecule has 1 aromatic heterocycles. The fraction of sp³-hybridized carbons (Fsp3) is 0.625. The molecule has 3 atom stereocenters. The fourth-order valence-electron chi connectivity index (χ4n) is 3.51. The van der Waals surface area contributed by atoms with Crippen molar-refractivity contribution in [2.45, 2.75) is 58.7 Å². The van der Waals surface area contributed by atoms with Gasteiger partial charge in [0.2, 0.25) is 5.88 Å². The molecule has 0 saturated heterocycles. The van der Waals surface area contributed by atoms with Crippen LogP contribution in [0.25, 0.3) is 0 Å². The molecular formula is C24H34N4O4. The van der Waals surface area contributed by atoms with Gasteiger partial charge in [0, 0.05) is 43.2 Å². The maximum absolute atomic E-state index is 13.4. The highest BCUT2D eigenvalue weighted by Crippen LogP contribution is 2.29. The minimum atomic E-state index is -0.381. The number of aliphatic hydroxyl groups excluding tert-OH is 1. The van der Waals surface area contributed by atoms with Crippen molar-refractivity contribution in [2.75, 3.05) is 26.7 Å². The number of carbonyl (C=O) groups excluding carboxylic acids is 2. The number of aliphatic hydroxyl groups is 1. The SMILES string of the molecule is CC(C)NC(=O)N(C)C[C@@H]1Oc2ncc(C#CC3CC3)cc2C(=O)N([C@H](C)CO)C[C@H]1C. The number of nitrogens with one attached hydrogen (secondary N) is 1. The summed E-state index contributed by atoms with van der Waals surface area (Å²) in [5.41, 5.74) is 1.00. The van der Waals surface area contributed by atoms with Crippen molar-refractivity contribution in [3.05, 3.63) is 23.4 Å². The second-order valence-electron chi connectivity index (χ2n) is 9.23. The van der Waals surface area contributed by atoms with Gasteiger partial charge in [-0.25, -0.2) is 9.78 Å². The summed E-state index contributed by atoms with van der Waals surface area (Å²) in [6.07, 6.45) is 3.48. The molecule has 0 aromatic carbocycles. The first-order valence-corrected chi connectivity index (χ1v) is 11.3. The monoisotopic (exact) mass is 442 g/mol. The number of amides is 3. The third-order valence-electron chi connectivity index (χ3n) is 5.73. The molecule has 3 rings (SSSR count). The Hall–Kier alpha value is -2.79. The molecule has 1 saturated carbocycles. The van der Waals surface area contributed by atoms with Crippen molar-refractivity contribution in [2.24, 2.45) is 11.8 Å². The van der Waals surface area contributed by atoms with Gasteiger partial charge in [0.05, 0.1) is 19.2 Å². The van der Waals surface area contributed by atoms with E-state index in [4.69, 9.17) is 4.74 Å². The number of hydrogen-bond donors (Lipinski definition) is 2. The summed E-state index contributed by atoms with van der Waals surface area (Å²) in [4.78, 5) is 33.4. The van der Waals surface area contributed by atoms with Gasteiger partial charge in [-0.2, -0.15) is 0 Å². The number of carbonyl (C=O) groups is 2. The van der Waals surface area contributed by atoms with Crippen LogP contribution in [-0.2, 0) is 0 Å². The number of nitrogens with zero attached hydrogens (tertiary/aromatic N) is 3. The van der Waals surface area contributed by atoms with Crippen molar-refractivity contribution in [1.82, 2.24) is 20.1 Å². The Labute approximate surface area is 190 Å². The first-order chi connectivity index (χ1) is 15.2. The Morgan fingerprint density at radius 1 is 1.41 bits per heavy atom. The quantitative estimate of drug-likeness (QED) is 0.681. The highest BCUT2D eigenvalue weighted by Gasteiger charge is 2.34. The summed E-state index contributed by atoms with van der Waals surface area (Å²) in [7, 11) is 1.72. The van der Waals surface area contributed by atoms with Gasteiger partial charge in [0.15, 0.2) is 0 Å². The molecule has 2 N–H and O–H groups in total. The lowest BCUT2D eigenvalue weighted by molar-refractivity contribution is 0.0351. The molecule has 1 aliphatic heterocycles. The molecular weight excluding hydrogens is 408 g/mol. The average Bonchev–Trinajstić information content (AvgIpc) is 3.58. The zero-order valence-electron chi connectivity index (χ0n) is 19.6. The molecule has 3 amide bonds. The molecule has 1 aliphatic carbocycles. The normalized spacial score (nSPS) is 21.5. The largest absolute Gasteiger partial charge is 0.472 e. The van der Waals surface area contributed by atoms with Gasteiger partial charge < -0.3 is 25.0 Å². The van der Waals surface area contributed by atoms with Crippen LogP contribution in [0.5, 0.6) is 5.88 Å². The Kier molecular flexibility index (Phi) is 7.62. The summed E-state index contributed by atoms with van der Waals surface area (Å²) in [6.45, 7) is 8.18. The van der Waals surface area contributed by atoms with E-state index in [0.717, 1.165) is 12.8 Å². The summed E-state index contributed by atoms with van der Waals surface area (Å²) in [5, 5.41) is 12.6. The molecule has 0 unspecified atom stereocenters. The second-order valence-corrected chi connectivity index (χ2v) is 9.23. The first-order valence-electron chi connectivity index (χ1n) is 11.3. The molecule has 8 heteroatoms. The summed E-state index contributed by atoms with van der Waals surface area (Å²) < 4.78 is 6.21. The van der Waals surface area contributed by atoms with Gasteiger partial charge in [-0.05, 0) is 39.7 Å². The minimum Gasteiger partial charge on any atom is -0.472 e. The number of fused-ring (bicyclic) bond motifs is 1. The van der Waals surface area contributed by atoms with Crippen LogP contribution in [0.15, 0.2) is 12.3 Å². The lowest BCUT2D eigenvalue weighted by Gasteiger charge is -2.37. The summed E-state index contributed by atoms with van der Waals surface area (Å²) in [5.74, 6) is 6.64. The lowest BCUT2D eigenvalue weighted by atomic mass is 10.00. The molecule has 174 valence electrons. The van der Waals surface area contributed by atoms with E-state index in [-0.39, 0.29) is 48.5 Å². The van der Waals surface area contributed by atoms with Crippen molar-refractivity contribution >= 4 is 11.9 Å². The summed E-state index contributed by atoms with van der Waals surface area (Å²) in [6, 6.07) is 1.20. The van der Waals surface area contributed by atoms with Gasteiger partial charge in [-0.15, -0.1) is 0 Å². The second kappa shape index (κ2) is 10.2. The molecule has 0 spiro atoms. The van der Waals surface area contributed by atoms with Crippen LogP contribution in [0, 0.1) is 23.7 Å². The van der Waals surface area contributed by atoms with Crippen LogP contribution in [0.1, 0.15) is 56.5 Å². The Morgan fingerprint density at radius 2 is 2.12 bits per heavy atom. The van der Waals surface area contributed by atoms with Crippen molar-refractivity contribution in [1.29, 1.82) is 0 Å². The van der Waals surface area contributed by atoms with E-state index in [1.807, 2.05) is 27.7 Å². The highest BCUT2D eigenvalue weighted by atomic mass is 16.5. The Morgan fingerprint density at radius 3 is 2.75 bits per heavy atom.